The van der Waals surface area contributed by atoms with Crippen LogP contribution < -0.4 is 4.74 Å². The zero-order chi connectivity index (χ0) is 18.3. The average Bonchev–Trinajstić information content (AvgIpc) is 2.59. The van der Waals surface area contributed by atoms with Crippen molar-refractivity contribution in [1.82, 2.24) is 4.98 Å². The summed E-state index contributed by atoms with van der Waals surface area (Å²) in [5, 5.41) is 0. The van der Waals surface area contributed by atoms with E-state index in [4.69, 9.17) is 4.74 Å². The highest BCUT2D eigenvalue weighted by molar-refractivity contribution is 5.75. The lowest BCUT2D eigenvalue weighted by molar-refractivity contribution is -0.141. The van der Waals surface area contributed by atoms with E-state index in [1.165, 1.54) is 32.1 Å². The monoisotopic (exact) mass is 357 g/mol. The molecule has 1 fully saturated rings. The molecule has 0 unspecified atom stereocenters. The van der Waals surface area contributed by atoms with Crippen LogP contribution in [0, 0.1) is 11.8 Å². The van der Waals surface area contributed by atoms with Gasteiger partial charge in [0.2, 0.25) is 0 Å². The van der Waals surface area contributed by atoms with Gasteiger partial charge in [-0.25, -0.2) is 4.98 Å². The normalized spacial score (nSPS) is 21.1. The molecule has 0 spiro atoms. The van der Waals surface area contributed by atoms with Crippen molar-refractivity contribution in [3.8, 4) is 5.75 Å². The summed E-state index contributed by atoms with van der Waals surface area (Å²) >= 11 is 0. The van der Waals surface area contributed by atoms with Gasteiger partial charge in [0.1, 0.15) is 11.4 Å². The van der Waals surface area contributed by atoms with Crippen LogP contribution in [0.4, 0.5) is 13.2 Å². The van der Waals surface area contributed by atoms with Crippen LogP contribution in [0.1, 0.15) is 70.4 Å². The number of carbonyl (C=O) groups is 1. The Bertz CT molecular complexity index is 535. The molecule has 0 N–H and O–H groups in total. The van der Waals surface area contributed by atoms with Crippen molar-refractivity contribution in [2.75, 3.05) is 0 Å². The molecule has 6 heteroatoms. The number of hydrogen-bond acceptors (Lipinski definition) is 3. The fourth-order valence-corrected chi connectivity index (χ4v) is 3.35. The van der Waals surface area contributed by atoms with Crippen molar-refractivity contribution in [2.24, 2.45) is 11.8 Å². The van der Waals surface area contributed by atoms with Gasteiger partial charge in [0, 0.05) is 0 Å². The predicted molar refractivity (Wildman–Crippen MR) is 89.1 cm³/mol. The minimum atomic E-state index is -4.49. The first-order valence-electron chi connectivity index (χ1n) is 9.15. The number of aromatic nitrogens is 1. The molecule has 0 amide bonds. The SMILES string of the molecule is CCCCCCC1CCC(C(=O)Oc2ccc(C(F)(F)F)nc2)CC1. The first-order valence-corrected chi connectivity index (χ1v) is 9.15. The number of pyridine rings is 1. The smallest absolute Gasteiger partial charge is 0.425 e. The van der Waals surface area contributed by atoms with Gasteiger partial charge in [-0.1, -0.05) is 39.0 Å². The Morgan fingerprint density at radius 2 is 1.88 bits per heavy atom. The Kier molecular flexibility index (Phi) is 7.26. The van der Waals surface area contributed by atoms with Crippen LogP contribution in [0.3, 0.4) is 0 Å². The van der Waals surface area contributed by atoms with E-state index >= 15 is 0 Å². The zero-order valence-corrected chi connectivity index (χ0v) is 14.6. The summed E-state index contributed by atoms with van der Waals surface area (Å²) in [5.41, 5.74) is -0.990. The Morgan fingerprint density at radius 1 is 1.16 bits per heavy atom. The molecule has 1 saturated carbocycles. The summed E-state index contributed by atoms with van der Waals surface area (Å²) in [6.45, 7) is 2.20. The number of hydrogen-bond donors (Lipinski definition) is 0. The Hall–Kier alpha value is -1.59. The van der Waals surface area contributed by atoms with Crippen molar-refractivity contribution in [1.29, 1.82) is 0 Å². The minimum Gasteiger partial charge on any atom is -0.425 e. The number of halogens is 3. The van der Waals surface area contributed by atoms with E-state index in [0.29, 0.717) is 5.92 Å². The van der Waals surface area contributed by atoms with Crippen molar-refractivity contribution >= 4 is 5.97 Å². The van der Waals surface area contributed by atoms with E-state index in [1.54, 1.807) is 0 Å². The third-order valence-electron chi connectivity index (χ3n) is 4.89. The molecule has 0 bridgehead atoms. The molecular formula is C19H26F3NO2. The fraction of sp³-hybridized carbons (Fsp3) is 0.684. The van der Waals surface area contributed by atoms with Crippen LogP contribution in [-0.2, 0) is 11.0 Å². The van der Waals surface area contributed by atoms with Gasteiger partial charge in [-0.05, 0) is 43.7 Å². The van der Waals surface area contributed by atoms with Crippen LogP contribution in [0.25, 0.3) is 0 Å². The maximum absolute atomic E-state index is 12.5. The molecule has 1 aliphatic rings. The van der Waals surface area contributed by atoms with Crippen molar-refractivity contribution < 1.29 is 22.7 Å². The molecule has 0 aliphatic heterocycles. The quantitative estimate of drug-likeness (QED) is 0.458. The van der Waals surface area contributed by atoms with E-state index in [0.717, 1.165) is 44.0 Å². The van der Waals surface area contributed by atoms with Crippen molar-refractivity contribution in [3.05, 3.63) is 24.0 Å². The number of esters is 1. The van der Waals surface area contributed by atoms with Crippen molar-refractivity contribution in [2.45, 2.75) is 70.9 Å². The summed E-state index contributed by atoms with van der Waals surface area (Å²) in [5.74, 6) is 0.244. The van der Waals surface area contributed by atoms with E-state index in [9.17, 15) is 18.0 Å². The maximum atomic E-state index is 12.5. The lowest BCUT2D eigenvalue weighted by Crippen LogP contribution is -2.25. The molecule has 0 saturated heterocycles. The molecule has 0 aromatic carbocycles. The molecule has 1 aromatic heterocycles. The first-order chi connectivity index (χ1) is 11.9. The summed E-state index contributed by atoms with van der Waals surface area (Å²) in [6.07, 6.45) is 6.39. The highest BCUT2D eigenvalue weighted by atomic mass is 19.4. The lowest BCUT2D eigenvalue weighted by atomic mass is 9.80. The van der Waals surface area contributed by atoms with Crippen LogP contribution >= 0.6 is 0 Å². The number of carbonyl (C=O) groups excluding carboxylic acids is 1. The van der Waals surface area contributed by atoms with Gasteiger partial charge < -0.3 is 4.74 Å². The third-order valence-corrected chi connectivity index (χ3v) is 4.89. The van der Waals surface area contributed by atoms with Crippen LogP contribution in [0.2, 0.25) is 0 Å². The molecule has 140 valence electrons. The third kappa shape index (κ3) is 6.33. The number of nitrogens with zero attached hydrogens (tertiary/aromatic N) is 1. The first kappa shape index (κ1) is 19.7. The highest BCUT2D eigenvalue weighted by Gasteiger charge is 2.32. The fourth-order valence-electron chi connectivity index (χ4n) is 3.35. The molecule has 0 atom stereocenters. The summed E-state index contributed by atoms with van der Waals surface area (Å²) in [6, 6.07) is 1.98. The molecule has 3 nitrogen and oxygen atoms in total. The molecular weight excluding hydrogens is 331 g/mol. The zero-order valence-electron chi connectivity index (χ0n) is 14.6. The number of unbranched alkanes of at least 4 members (excludes halogenated alkanes) is 3. The molecule has 25 heavy (non-hydrogen) atoms. The van der Waals surface area contributed by atoms with E-state index in [1.807, 2.05) is 0 Å². The van der Waals surface area contributed by atoms with Crippen LogP contribution in [-0.4, -0.2) is 11.0 Å². The predicted octanol–water partition coefficient (Wildman–Crippen LogP) is 5.78. The summed E-state index contributed by atoms with van der Waals surface area (Å²) in [7, 11) is 0. The molecule has 1 heterocycles. The van der Waals surface area contributed by atoms with Gasteiger partial charge in [0.25, 0.3) is 0 Å². The number of rotatable bonds is 7. The molecule has 2 rings (SSSR count). The standard InChI is InChI=1S/C19H26F3NO2/c1-2-3-4-5-6-14-7-9-15(10-8-14)18(24)25-16-11-12-17(23-13-16)19(20,21)22/h11-15H,2-10H2,1H3. The summed E-state index contributed by atoms with van der Waals surface area (Å²) < 4.78 is 42.6. The van der Waals surface area contributed by atoms with Crippen molar-refractivity contribution in [3.63, 3.8) is 0 Å². The lowest BCUT2D eigenvalue weighted by Gasteiger charge is -2.27. The Morgan fingerprint density at radius 3 is 2.44 bits per heavy atom. The highest BCUT2D eigenvalue weighted by Crippen LogP contribution is 2.33. The topological polar surface area (TPSA) is 39.2 Å². The molecule has 1 aromatic rings. The largest absolute Gasteiger partial charge is 0.433 e. The Labute approximate surface area is 147 Å². The maximum Gasteiger partial charge on any atom is 0.433 e. The van der Waals surface area contributed by atoms with Crippen LogP contribution in [0.5, 0.6) is 5.75 Å². The van der Waals surface area contributed by atoms with Crippen LogP contribution in [0.15, 0.2) is 18.3 Å². The van der Waals surface area contributed by atoms with E-state index < -0.39 is 11.9 Å². The minimum absolute atomic E-state index is 0.0692. The number of alkyl halides is 3. The number of ether oxygens (including phenoxy) is 1. The molecule has 1 aliphatic carbocycles. The van der Waals surface area contributed by atoms with Gasteiger partial charge in [0.05, 0.1) is 12.1 Å². The van der Waals surface area contributed by atoms with Gasteiger partial charge in [-0.3, -0.25) is 4.79 Å². The average molecular weight is 357 g/mol. The second-order valence-electron chi connectivity index (χ2n) is 6.86. The second kappa shape index (κ2) is 9.20. The van der Waals surface area contributed by atoms with Gasteiger partial charge in [-0.15, -0.1) is 0 Å². The Balaban J connectivity index is 1.75. The van der Waals surface area contributed by atoms with Gasteiger partial charge >= 0.3 is 12.1 Å². The summed E-state index contributed by atoms with van der Waals surface area (Å²) in [4.78, 5) is 15.5. The second-order valence-corrected chi connectivity index (χ2v) is 6.86. The van der Waals surface area contributed by atoms with Gasteiger partial charge in [0.15, 0.2) is 0 Å². The van der Waals surface area contributed by atoms with E-state index in [2.05, 4.69) is 11.9 Å². The van der Waals surface area contributed by atoms with Gasteiger partial charge in [-0.2, -0.15) is 13.2 Å². The molecule has 0 radical (unpaired) electrons. The van der Waals surface area contributed by atoms with E-state index in [-0.39, 0.29) is 17.6 Å².